The predicted octanol–water partition coefficient (Wildman–Crippen LogP) is 6.70. The maximum Gasteiger partial charge on any atom is 0.433 e. The van der Waals surface area contributed by atoms with Gasteiger partial charge in [0.15, 0.2) is 0 Å². The number of nitrogens with zero attached hydrogens (tertiary/aromatic N) is 4. The van der Waals surface area contributed by atoms with Crippen LogP contribution >= 0.6 is 0 Å². The Balaban J connectivity index is 1.49. The lowest BCUT2D eigenvalue weighted by molar-refractivity contribution is -0.141. The van der Waals surface area contributed by atoms with E-state index >= 15 is 0 Å². The summed E-state index contributed by atoms with van der Waals surface area (Å²) >= 11 is 0. The van der Waals surface area contributed by atoms with Crippen LogP contribution in [0, 0.1) is 11.8 Å². The number of amides is 1. The number of carbonyl (C=O) groups is 1. The van der Waals surface area contributed by atoms with E-state index in [2.05, 4.69) is 33.7 Å². The maximum absolute atomic E-state index is 13.2. The molecule has 1 saturated carbocycles. The van der Waals surface area contributed by atoms with Crippen LogP contribution in [0.1, 0.15) is 75.6 Å². The number of anilines is 2. The smallest absolute Gasteiger partial charge is 0.375 e. The van der Waals surface area contributed by atoms with E-state index in [0.29, 0.717) is 30.8 Å². The third-order valence-corrected chi connectivity index (χ3v) is 8.14. The average molecular weight is 544 g/mol. The van der Waals surface area contributed by atoms with Crippen LogP contribution in [0.25, 0.3) is 10.9 Å². The van der Waals surface area contributed by atoms with Gasteiger partial charge in [0, 0.05) is 24.2 Å². The summed E-state index contributed by atoms with van der Waals surface area (Å²) in [7, 11) is 0. The molecule has 0 spiro atoms. The molecule has 0 radical (unpaired) electrons. The van der Waals surface area contributed by atoms with E-state index in [4.69, 9.17) is 9.84 Å². The molecule has 1 saturated heterocycles. The van der Waals surface area contributed by atoms with Crippen molar-refractivity contribution in [3.05, 3.63) is 47.9 Å². The van der Waals surface area contributed by atoms with E-state index in [9.17, 15) is 18.0 Å². The van der Waals surface area contributed by atoms with Crippen LogP contribution in [0.2, 0.25) is 0 Å². The number of rotatable bonds is 5. The highest BCUT2D eigenvalue weighted by Gasteiger charge is 2.33. The molecule has 3 heterocycles. The van der Waals surface area contributed by atoms with Crippen molar-refractivity contribution in [2.45, 2.75) is 77.7 Å². The van der Waals surface area contributed by atoms with Gasteiger partial charge in [0.1, 0.15) is 11.4 Å². The number of carbonyl (C=O) groups excluding carboxylic acids is 1. The second-order valence-electron chi connectivity index (χ2n) is 11.4. The van der Waals surface area contributed by atoms with Crippen LogP contribution in [-0.2, 0) is 10.9 Å². The molecule has 1 aliphatic heterocycles. The molecule has 7 nitrogen and oxygen atoms in total. The Morgan fingerprint density at radius 2 is 1.87 bits per heavy atom. The molecule has 210 valence electrons. The van der Waals surface area contributed by atoms with E-state index in [1.165, 1.54) is 25.0 Å². The van der Waals surface area contributed by atoms with E-state index in [-0.39, 0.29) is 17.8 Å². The van der Waals surface area contributed by atoms with Crippen molar-refractivity contribution in [3.8, 4) is 0 Å². The normalized spacial score (nSPS) is 24.4. The van der Waals surface area contributed by atoms with Gasteiger partial charge in [-0.15, -0.1) is 0 Å². The van der Waals surface area contributed by atoms with Crippen LogP contribution < -0.4 is 10.2 Å². The van der Waals surface area contributed by atoms with Gasteiger partial charge in [-0.1, -0.05) is 19.9 Å². The molecule has 3 aromatic rings. The minimum atomic E-state index is -4.64. The zero-order valence-corrected chi connectivity index (χ0v) is 22.8. The van der Waals surface area contributed by atoms with Crippen molar-refractivity contribution in [2.24, 2.45) is 11.8 Å². The number of nitrogens with one attached hydrogen (secondary N) is 1. The van der Waals surface area contributed by atoms with Gasteiger partial charge >= 0.3 is 6.18 Å². The fraction of sp³-hybridized carbons (Fsp3) is 0.552. The van der Waals surface area contributed by atoms with Gasteiger partial charge in [-0.25, -0.2) is 4.98 Å². The summed E-state index contributed by atoms with van der Waals surface area (Å²) in [6.07, 6.45) is 1.88. The molecule has 2 aromatic heterocycles. The number of pyridine rings is 1. The first-order valence-electron chi connectivity index (χ1n) is 13.8. The van der Waals surface area contributed by atoms with Gasteiger partial charge in [0.25, 0.3) is 5.91 Å². The SMILES string of the molecule is CC(C)C1CCC(n2cc3cc(NC(=O)c4cccc(C(F)(F)F)n4)c(N4C[C@H](C)OC[C@@H]4C)cc3n2)CC1. The fourth-order valence-corrected chi connectivity index (χ4v) is 5.78. The fourth-order valence-electron chi connectivity index (χ4n) is 5.78. The second-order valence-corrected chi connectivity index (χ2v) is 11.4. The molecular weight excluding hydrogens is 507 g/mol. The molecule has 0 bridgehead atoms. The van der Waals surface area contributed by atoms with Crippen LogP contribution in [0.5, 0.6) is 0 Å². The largest absolute Gasteiger partial charge is 0.433 e. The average Bonchev–Trinajstić information content (AvgIpc) is 3.32. The van der Waals surface area contributed by atoms with Crippen molar-refractivity contribution in [2.75, 3.05) is 23.4 Å². The second kappa shape index (κ2) is 10.8. The third-order valence-electron chi connectivity index (χ3n) is 8.14. The Kier molecular flexibility index (Phi) is 7.59. The molecule has 2 atom stereocenters. The number of alkyl halides is 3. The molecule has 1 N–H and O–H groups in total. The number of hydrogen-bond acceptors (Lipinski definition) is 5. The van der Waals surface area contributed by atoms with Crippen molar-refractivity contribution in [1.29, 1.82) is 0 Å². The Bertz CT molecular complexity index is 1330. The zero-order chi connectivity index (χ0) is 27.9. The summed E-state index contributed by atoms with van der Waals surface area (Å²) in [4.78, 5) is 18.9. The molecule has 1 amide bonds. The highest BCUT2D eigenvalue weighted by molar-refractivity contribution is 6.06. The lowest BCUT2D eigenvalue weighted by atomic mass is 9.80. The summed E-state index contributed by atoms with van der Waals surface area (Å²) in [6, 6.07) is 7.53. The quantitative estimate of drug-likeness (QED) is 0.388. The van der Waals surface area contributed by atoms with Crippen molar-refractivity contribution >= 4 is 28.2 Å². The highest BCUT2D eigenvalue weighted by Crippen LogP contribution is 2.38. The summed E-state index contributed by atoms with van der Waals surface area (Å²) < 4.78 is 47.5. The third kappa shape index (κ3) is 5.90. The first kappa shape index (κ1) is 27.4. The molecule has 10 heteroatoms. The van der Waals surface area contributed by atoms with Gasteiger partial charge in [-0.3, -0.25) is 9.48 Å². The standard InChI is InChI=1S/C29H36F3N5O2/c1-17(2)20-8-10-22(11-9-20)37-15-21-12-25(34-28(38)23-6-5-7-27(33-23)29(30,31)32)26(13-24(21)35-37)36-14-19(4)39-16-18(36)3/h5-7,12-13,15,17-20,22H,8-11,14,16H2,1-4H3,(H,34,38)/t18-,19-,20?,22?/m0/s1. The zero-order valence-electron chi connectivity index (χ0n) is 22.8. The number of fused-ring (bicyclic) bond motifs is 1. The van der Waals surface area contributed by atoms with Gasteiger partial charge < -0.3 is 15.0 Å². The molecule has 1 aromatic carbocycles. The van der Waals surface area contributed by atoms with Crippen LogP contribution in [0.3, 0.4) is 0 Å². The monoisotopic (exact) mass is 543 g/mol. The van der Waals surface area contributed by atoms with Gasteiger partial charge in [-0.2, -0.15) is 18.3 Å². The Morgan fingerprint density at radius 1 is 1.13 bits per heavy atom. The molecule has 5 rings (SSSR count). The van der Waals surface area contributed by atoms with Crippen LogP contribution in [0.4, 0.5) is 24.5 Å². The van der Waals surface area contributed by atoms with Gasteiger partial charge in [0.2, 0.25) is 0 Å². The van der Waals surface area contributed by atoms with E-state index in [1.54, 1.807) is 0 Å². The summed E-state index contributed by atoms with van der Waals surface area (Å²) in [5.41, 5.74) is 0.694. The van der Waals surface area contributed by atoms with Gasteiger partial charge in [0.05, 0.1) is 35.6 Å². The molecule has 0 unspecified atom stereocenters. The van der Waals surface area contributed by atoms with Crippen molar-refractivity contribution < 1.29 is 22.7 Å². The van der Waals surface area contributed by atoms with E-state index in [1.807, 2.05) is 32.2 Å². The maximum atomic E-state index is 13.2. The number of halogens is 3. The van der Waals surface area contributed by atoms with Crippen LogP contribution in [0.15, 0.2) is 36.5 Å². The number of benzene rings is 1. The first-order chi connectivity index (χ1) is 18.5. The number of morpholine rings is 1. The Hall–Kier alpha value is -3.14. The minimum Gasteiger partial charge on any atom is -0.375 e. The molecule has 2 aliphatic rings. The minimum absolute atomic E-state index is 0.0146. The van der Waals surface area contributed by atoms with E-state index < -0.39 is 17.8 Å². The molecule has 1 aliphatic carbocycles. The highest BCUT2D eigenvalue weighted by atomic mass is 19.4. The van der Waals surface area contributed by atoms with Crippen molar-refractivity contribution in [3.63, 3.8) is 0 Å². The van der Waals surface area contributed by atoms with Gasteiger partial charge in [-0.05, 0) is 75.6 Å². The summed E-state index contributed by atoms with van der Waals surface area (Å²) in [5, 5.41) is 8.65. The Morgan fingerprint density at radius 3 is 2.56 bits per heavy atom. The lowest BCUT2D eigenvalue weighted by Gasteiger charge is -2.39. The number of ether oxygens (including phenoxy) is 1. The molecule has 39 heavy (non-hydrogen) atoms. The van der Waals surface area contributed by atoms with E-state index in [0.717, 1.165) is 41.4 Å². The van der Waals surface area contributed by atoms with Crippen LogP contribution in [-0.4, -0.2) is 46.0 Å². The molecule has 2 fully saturated rings. The first-order valence-corrected chi connectivity index (χ1v) is 13.8. The lowest BCUT2D eigenvalue weighted by Crippen LogP contribution is -2.47. The molecular formula is C29H36F3N5O2. The van der Waals surface area contributed by atoms with Crippen molar-refractivity contribution in [1.82, 2.24) is 14.8 Å². The topological polar surface area (TPSA) is 72.3 Å². The summed E-state index contributed by atoms with van der Waals surface area (Å²) in [6.45, 7) is 9.73. The predicted molar refractivity (Wildman–Crippen MR) is 145 cm³/mol. The number of aromatic nitrogens is 3. The summed E-state index contributed by atoms with van der Waals surface area (Å²) in [5.74, 6) is 0.726. The number of hydrogen-bond donors (Lipinski definition) is 1. The Labute approximate surface area is 226 Å².